The zero-order valence-corrected chi connectivity index (χ0v) is 23.9. The van der Waals surface area contributed by atoms with Crippen LogP contribution in [0.5, 0.6) is 0 Å². The highest BCUT2D eigenvalue weighted by Crippen LogP contribution is 2.48. The molecular weight excluding hydrogens is 580 g/mol. The van der Waals surface area contributed by atoms with E-state index in [4.69, 9.17) is 5.73 Å². The van der Waals surface area contributed by atoms with Gasteiger partial charge in [0.05, 0.1) is 23.2 Å². The first-order valence-electron chi connectivity index (χ1n) is 12.6. The molecule has 0 bridgehead atoms. The van der Waals surface area contributed by atoms with E-state index >= 15 is 4.39 Å². The van der Waals surface area contributed by atoms with Crippen LogP contribution < -0.4 is 10.6 Å². The fourth-order valence-corrected chi connectivity index (χ4v) is 6.72. The number of Topliss-reactive ketones (excluding diaryl/α,β-unsaturated/α-hetero) is 1. The molecule has 2 N–H and O–H groups in total. The van der Waals surface area contributed by atoms with E-state index in [1.807, 2.05) is 19.9 Å². The van der Waals surface area contributed by atoms with E-state index in [0.29, 0.717) is 40.8 Å². The van der Waals surface area contributed by atoms with E-state index in [2.05, 4.69) is 28.1 Å². The number of allylic oxidation sites excluding steroid dienone is 3. The molecule has 2 aliphatic rings. The van der Waals surface area contributed by atoms with Crippen molar-refractivity contribution in [2.24, 2.45) is 5.73 Å². The van der Waals surface area contributed by atoms with E-state index in [1.165, 1.54) is 18.2 Å². The number of aryl methyl sites for hydroxylation is 1. The standard InChI is InChI=1S/C31H26BrF2N3OS/c1-17-12-19(16-39-22-9-7-21(33)8-10-22)18(2)23(13-17)29-24(15-35)31(36)37(26-11-6-20(32)14-25(26)34)27-4-3-5-28(38)30(27)29/h6-14,29H,3-5,16,36H2,1-2H3. The fourth-order valence-electron chi connectivity index (χ4n) is 5.44. The lowest BCUT2D eigenvalue weighted by molar-refractivity contribution is -0.116. The smallest absolute Gasteiger partial charge is 0.161 e. The number of ketones is 1. The van der Waals surface area contributed by atoms with Crippen LogP contribution in [-0.4, -0.2) is 5.78 Å². The molecule has 5 rings (SSSR count). The van der Waals surface area contributed by atoms with Gasteiger partial charge in [-0.25, -0.2) is 8.78 Å². The van der Waals surface area contributed by atoms with E-state index in [1.54, 1.807) is 40.9 Å². The second-order valence-corrected chi connectivity index (χ2v) is 11.8. The van der Waals surface area contributed by atoms with Crippen LogP contribution in [0.25, 0.3) is 0 Å². The first-order chi connectivity index (χ1) is 18.7. The van der Waals surface area contributed by atoms with Gasteiger partial charge in [-0.15, -0.1) is 11.8 Å². The molecule has 1 aliphatic carbocycles. The predicted molar refractivity (Wildman–Crippen MR) is 154 cm³/mol. The van der Waals surface area contributed by atoms with Crippen LogP contribution in [0.15, 0.2) is 86.6 Å². The first kappa shape index (κ1) is 27.2. The molecule has 0 amide bonds. The highest BCUT2D eigenvalue weighted by Gasteiger charge is 2.41. The topological polar surface area (TPSA) is 70.1 Å². The highest BCUT2D eigenvalue weighted by atomic mass is 79.9. The molecule has 1 heterocycles. The number of nitrogens with two attached hydrogens (primary N) is 1. The maximum atomic E-state index is 15.2. The summed E-state index contributed by atoms with van der Waals surface area (Å²) < 4.78 is 29.1. The Balaban J connectivity index is 1.64. The van der Waals surface area contributed by atoms with E-state index < -0.39 is 11.7 Å². The van der Waals surface area contributed by atoms with Crippen LogP contribution in [0.2, 0.25) is 0 Å². The molecule has 0 saturated carbocycles. The number of rotatable bonds is 5. The maximum Gasteiger partial charge on any atom is 0.161 e. The summed E-state index contributed by atoms with van der Waals surface area (Å²) in [6.45, 7) is 3.98. The molecule has 39 heavy (non-hydrogen) atoms. The molecule has 0 aromatic heterocycles. The number of thioether (sulfide) groups is 1. The number of halogens is 3. The number of anilines is 1. The molecule has 3 aromatic carbocycles. The number of carbonyl (C=O) groups excluding carboxylic acids is 1. The number of benzene rings is 3. The molecule has 4 nitrogen and oxygen atoms in total. The summed E-state index contributed by atoms with van der Waals surface area (Å²) in [4.78, 5) is 16.0. The molecule has 0 saturated heterocycles. The van der Waals surface area contributed by atoms with Crippen LogP contribution in [0.1, 0.15) is 47.4 Å². The third-order valence-corrected chi connectivity index (χ3v) is 8.84. The number of carbonyl (C=O) groups is 1. The zero-order chi connectivity index (χ0) is 27.8. The lowest BCUT2D eigenvalue weighted by atomic mass is 9.73. The summed E-state index contributed by atoms with van der Waals surface area (Å²) in [5.74, 6) is -0.692. The van der Waals surface area contributed by atoms with Crippen molar-refractivity contribution in [2.75, 3.05) is 4.90 Å². The van der Waals surface area contributed by atoms with Gasteiger partial charge >= 0.3 is 0 Å². The summed E-state index contributed by atoms with van der Waals surface area (Å²) in [7, 11) is 0. The van der Waals surface area contributed by atoms with Crippen molar-refractivity contribution >= 4 is 39.2 Å². The number of nitrogens with zero attached hydrogens (tertiary/aromatic N) is 2. The minimum Gasteiger partial charge on any atom is -0.384 e. The van der Waals surface area contributed by atoms with Crippen LogP contribution in [0.4, 0.5) is 14.5 Å². The minimum absolute atomic E-state index is 0.0489. The van der Waals surface area contributed by atoms with Crippen molar-refractivity contribution in [2.45, 2.75) is 49.7 Å². The predicted octanol–water partition coefficient (Wildman–Crippen LogP) is 7.94. The van der Waals surface area contributed by atoms with E-state index in [0.717, 1.165) is 27.1 Å². The Kier molecular flexibility index (Phi) is 7.66. The third-order valence-electron chi connectivity index (χ3n) is 7.28. The minimum atomic E-state index is -0.637. The molecule has 1 aliphatic heterocycles. The van der Waals surface area contributed by atoms with Gasteiger partial charge in [-0.05, 0) is 85.8 Å². The van der Waals surface area contributed by atoms with Gasteiger partial charge in [-0.2, -0.15) is 5.26 Å². The molecule has 198 valence electrons. The van der Waals surface area contributed by atoms with Gasteiger partial charge in [0, 0.05) is 32.8 Å². The molecular formula is C31H26BrF2N3OS. The van der Waals surface area contributed by atoms with Crippen molar-refractivity contribution < 1.29 is 13.6 Å². The lowest BCUT2D eigenvalue weighted by Crippen LogP contribution is -2.39. The Labute approximate surface area is 239 Å². The Morgan fingerprint density at radius 1 is 1.10 bits per heavy atom. The number of hydrogen-bond donors (Lipinski definition) is 1. The number of nitriles is 1. The normalized spacial score (nSPS) is 17.4. The van der Waals surface area contributed by atoms with Crippen LogP contribution in [0, 0.1) is 36.8 Å². The number of hydrogen-bond acceptors (Lipinski definition) is 5. The van der Waals surface area contributed by atoms with Crippen LogP contribution >= 0.6 is 27.7 Å². The summed E-state index contributed by atoms with van der Waals surface area (Å²) in [6.07, 6.45) is 1.54. The summed E-state index contributed by atoms with van der Waals surface area (Å²) >= 11 is 4.88. The SMILES string of the molecule is Cc1cc(CSc2ccc(F)cc2)c(C)c(C2C(C#N)=C(N)N(c3ccc(Br)cc3F)C3=C2C(=O)CCC3)c1. The molecule has 1 unspecified atom stereocenters. The third kappa shape index (κ3) is 5.13. The Morgan fingerprint density at radius 2 is 1.85 bits per heavy atom. The Bertz CT molecular complexity index is 1590. The average molecular weight is 607 g/mol. The van der Waals surface area contributed by atoms with Gasteiger partial charge in [-0.3, -0.25) is 9.69 Å². The summed E-state index contributed by atoms with van der Waals surface area (Å²) in [5, 5.41) is 10.4. The van der Waals surface area contributed by atoms with Gasteiger partial charge in [0.15, 0.2) is 5.78 Å². The Hall–Kier alpha value is -3.41. The lowest BCUT2D eigenvalue weighted by Gasteiger charge is -2.40. The summed E-state index contributed by atoms with van der Waals surface area (Å²) in [6, 6.07) is 17.4. The summed E-state index contributed by atoms with van der Waals surface area (Å²) in [5.41, 5.74) is 12.1. The molecule has 8 heteroatoms. The van der Waals surface area contributed by atoms with Gasteiger partial charge in [0.2, 0.25) is 0 Å². The molecule has 3 aromatic rings. The second-order valence-electron chi connectivity index (χ2n) is 9.79. The van der Waals surface area contributed by atoms with Crippen molar-refractivity contribution in [3.8, 4) is 6.07 Å². The van der Waals surface area contributed by atoms with Crippen molar-refractivity contribution in [1.29, 1.82) is 5.26 Å². The van der Waals surface area contributed by atoms with Crippen molar-refractivity contribution in [3.05, 3.63) is 116 Å². The zero-order valence-electron chi connectivity index (χ0n) is 21.5. The van der Waals surface area contributed by atoms with Crippen LogP contribution in [-0.2, 0) is 10.5 Å². The Morgan fingerprint density at radius 3 is 2.54 bits per heavy atom. The quantitative estimate of drug-likeness (QED) is 0.299. The monoisotopic (exact) mass is 605 g/mol. The van der Waals surface area contributed by atoms with Crippen LogP contribution in [0.3, 0.4) is 0 Å². The molecule has 0 radical (unpaired) electrons. The average Bonchev–Trinajstić information content (AvgIpc) is 2.90. The maximum absolute atomic E-state index is 15.2. The van der Waals surface area contributed by atoms with Gasteiger partial charge in [0.1, 0.15) is 17.5 Å². The fraction of sp³-hybridized carbons (Fsp3) is 0.226. The van der Waals surface area contributed by atoms with E-state index in [9.17, 15) is 14.4 Å². The van der Waals surface area contributed by atoms with Gasteiger partial charge in [0.25, 0.3) is 0 Å². The van der Waals surface area contributed by atoms with Crippen molar-refractivity contribution in [1.82, 2.24) is 0 Å². The van der Waals surface area contributed by atoms with Gasteiger partial charge in [-0.1, -0.05) is 33.6 Å². The second kappa shape index (κ2) is 11.0. The van der Waals surface area contributed by atoms with Gasteiger partial charge < -0.3 is 5.73 Å². The first-order valence-corrected chi connectivity index (χ1v) is 14.4. The molecule has 0 spiro atoms. The van der Waals surface area contributed by atoms with Crippen molar-refractivity contribution in [3.63, 3.8) is 0 Å². The molecule has 0 fully saturated rings. The largest absolute Gasteiger partial charge is 0.384 e. The highest BCUT2D eigenvalue weighted by molar-refractivity contribution is 9.10. The van der Waals surface area contributed by atoms with E-state index in [-0.39, 0.29) is 28.7 Å². The molecule has 1 atom stereocenters.